The molecule has 1 aromatic rings. The molecule has 6 nitrogen and oxygen atoms in total. The Morgan fingerprint density at radius 3 is 2.70 bits per heavy atom. The molecule has 1 aliphatic carbocycles. The number of fused-ring (bicyclic) bond motifs is 1. The molecule has 33 heavy (non-hydrogen) atoms. The first-order valence-corrected chi connectivity index (χ1v) is 12.3. The lowest BCUT2D eigenvalue weighted by Gasteiger charge is -2.24. The SMILES string of the molecule is C[C@@H](NC1CC[C@H](c2ccc(C(=O)NC3CCNCC3)cc2)C1)C1CN2C(F)=CC=CC2=N1. The molecule has 176 valence electrons. The Morgan fingerprint density at radius 2 is 1.94 bits per heavy atom. The summed E-state index contributed by atoms with van der Waals surface area (Å²) >= 11 is 0. The van der Waals surface area contributed by atoms with E-state index in [2.05, 4.69) is 35.0 Å². The number of rotatable bonds is 6. The van der Waals surface area contributed by atoms with Gasteiger partial charge >= 0.3 is 0 Å². The van der Waals surface area contributed by atoms with Gasteiger partial charge in [0.05, 0.1) is 12.6 Å². The predicted octanol–water partition coefficient (Wildman–Crippen LogP) is 3.25. The van der Waals surface area contributed by atoms with Crippen molar-refractivity contribution in [1.29, 1.82) is 0 Å². The van der Waals surface area contributed by atoms with Crippen LogP contribution < -0.4 is 16.0 Å². The number of halogens is 1. The van der Waals surface area contributed by atoms with Crippen molar-refractivity contribution in [2.75, 3.05) is 19.6 Å². The van der Waals surface area contributed by atoms with Crippen LogP contribution in [0.3, 0.4) is 0 Å². The first-order valence-electron chi connectivity index (χ1n) is 12.3. The molecule has 0 bridgehead atoms. The van der Waals surface area contributed by atoms with Gasteiger partial charge in [-0.05, 0) is 87.9 Å². The Labute approximate surface area is 195 Å². The number of nitrogens with one attached hydrogen (secondary N) is 3. The van der Waals surface area contributed by atoms with Gasteiger partial charge in [0.1, 0.15) is 5.84 Å². The first kappa shape index (κ1) is 22.3. The number of amidine groups is 1. The van der Waals surface area contributed by atoms with Crippen LogP contribution >= 0.6 is 0 Å². The molecule has 1 saturated carbocycles. The molecule has 0 spiro atoms. The van der Waals surface area contributed by atoms with E-state index in [4.69, 9.17) is 4.99 Å². The summed E-state index contributed by atoms with van der Waals surface area (Å²) in [6, 6.07) is 9.13. The van der Waals surface area contributed by atoms with E-state index in [9.17, 15) is 9.18 Å². The van der Waals surface area contributed by atoms with E-state index in [1.165, 1.54) is 11.6 Å². The highest BCUT2D eigenvalue weighted by atomic mass is 19.1. The Morgan fingerprint density at radius 1 is 1.15 bits per heavy atom. The lowest BCUT2D eigenvalue weighted by Crippen LogP contribution is -2.43. The summed E-state index contributed by atoms with van der Waals surface area (Å²) in [4.78, 5) is 18.9. The highest BCUT2D eigenvalue weighted by Crippen LogP contribution is 2.35. The second-order valence-electron chi connectivity index (χ2n) is 9.80. The third kappa shape index (κ3) is 5.04. The van der Waals surface area contributed by atoms with Crippen molar-refractivity contribution in [3.8, 4) is 0 Å². The summed E-state index contributed by atoms with van der Waals surface area (Å²) < 4.78 is 14.0. The molecule has 3 aliphatic heterocycles. The van der Waals surface area contributed by atoms with Crippen LogP contribution in [0.2, 0.25) is 0 Å². The van der Waals surface area contributed by atoms with Crippen molar-refractivity contribution >= 4 is 11.7 Å². The zero-order chi connectivity index (χ0) is 22.8. The van der Waals surface area contributed by atoms with Gasteiger partial charge in [0.2, 0.25) is 0 Å². The molecule has 0 aromatic heterocycles. The van der Waals surface area contributed by atoms with Crippen molar-refractivity contribution < 1.29 is 9.18 Å². The Bertz CT molecular complexity index is 950. The minimum atomic E-state index is -0.222. The Hall–Kier alpha value is -2.51. The van der Waals surface area contributed by atoms with Crippen LogP contribution in [0.5, 0.6) is 0 Å². The number of hydrogen-bond donors (Lipinski definition) is 3. The summed E-state index contributed by atoms with van der Waals surface area (Å²) in [5, 5.41) is 10.2. The Kier molecular flexibility index (Phi) is 6.60. The van der Waals surface area contributed by atoms with E-state index in [0.29, 0.717) is 18.5 Å². The number of carbonyl (C=O) groups is 1. The molecule has 1 amide bonds. The number of piperidine rings is 1. The lowest BCUT2D eigenvalue weighted by atomic mass is 9.96. The van der Waals surface area contributed by atoms with E-state index in [-0.39, 0.29) is 30.0 Å². The van der Waals surface area contributed by atoms with Gasteiger partial charge in [-0.1, -0.05) is 18.2 Å². The van der Waals surface area contributed by atoms with Crippen LogP contribution in [-0.2, 0) is 0 Å². The molecule has 7 heteroatoms. The fourth-order valence-corrected chi connectivity index (χ4v) is 5.52. The minimum absolute atomic E-state index is 0.0313. The van der Waals surface area contributed by atoms with E-state index < -0.39 is 0 Å². The summed E-state index contributed by atoms with van der Waals surface area (Å²) in [6.45, 7) is 4.68. The highest BCUT2D eigenvalue weighted by Gasteiger charge is 2.34. The molecule has 1 saturated heterocycles. The number of amides is 1. The van der Waals surface area contributed by atoms with Gasteiger partial charge in [0.15, 0.2) is 5.95 Å². The van der Waals surface area contributed by atoms with Gasteiger partial charge in [0, 0.05) is 23.7 Å². The molecule has 3 heterocycles. The van der Waals surface area contributed by atoms with Crippen LogP contribution in [0.1, 0.15) is 60.9 Å². The minimum Gasteiger partial charge on any atom is -0.349 e. The molecule has 0 radical (unpaired) electrons. The van der Waals surface area contributed by atoms with E-state index in [0.717, 1.165) is 56.6 Å². The standard InChI is InChI=1S/C26H34FN5O/c1-17(23-16-32-24(27)3-2-4-25(32)31-23)29-22-10-9-20(15-22)18-5-7-19(8-6-18)26(33)30-21-11-13-28-14-12-21/h2-8,17,20-23,28-29H,9-16H2,1H3,(H,30,33)/t17-,20+,22?,23?/m1/s1. The number of allylic oxidation sites excluding steroid dienone is 2. The zero-order valence-corrected chi connectivity index (χ0v) is 19.3. The maximum Gasteiger partial charge on any atom is 0.251 e. The molecule has 3 N–H and O–H groups in total. The summed E-state index contributed by atoms with van der Waals surface area (Å²) in [5.74, 6) is 1.03. The normalized spacial score (nSPS) is 28.3. The molecular formula is C26H34FN5O. The number of hydrogen-bond acceptors (Lipinski definition) is 5. The fraction of sp³-hybridized carbons (Fsp3) is 0.538. The average Bonchev–Trinajstić information content (AvgIpc) is 3.48. The number of nitrogens with zero attached hydrogens (tertiary/aromatic N) is 2. The summed E-state index contributed by atoms with van der Waals surface area (Å²) in [5.41, 5.74) is 2.05. The molecule has 2 fully saturated rings. The third-order valence-corrected chi connectivity index (χ3v) is 7.51. The number of benzene rings is 1. The van der Waals surface area contributed by atoms with Gasteiger partial charge in [-0.15, -0.1) is 0 Å². The van der Waals surface area contributed by atoms with Crippen molar-refractivity contribution in [3.05, 3.63) is 59.6 Å². The van der Waals surface area contributed by atoms with E-state index in [1.54, 1.807) is 11.0 Å². The van der Waals surface area contributed by atoms with Crippen molar-refractivity contribution in [2.45, 2.75) is 69.1 Å². The van der Waals surface area contributed by atoms with Gasteiger partial charge in [-0.3, -0.25) is 9.79 Å². The zero-order valence-electron chi connectivity index (χ0n) is 19.3. The van der Waals surface area contributed by atoms with Gasteiger partial charge in [0.25, 0.3) is 5.91 Å². The second kappa shape index (κ2) is 9.77. The number of carbonyl (C=O) groups excluding carboxylic acids is 1. The van der Waals surface area contributed by atoms with Crippen LogP contribution in [-0.4, -0.2) is 60.4 Å². The molecule has 4 aliphatic rings. The van der Waals surface area contributed by atoms with Crippen molar-refractivity contribution in [1.82, 2.24) is 20.9 Å². The summed E-state index contributed by atoms with van der Waals surface area (Å²) in [7, 11) is 0. The maximum absolute atomic E-state index is 14.0. The van der Waals surface area contributed by atoms with Crippen molar-refractivity contribution in [3.63, 3.8) is 0 Å². The molecular weight excluding hydrogens is 417 g/mol. The van der Waals surface area contributed by atoms with Crippen LogP contribution in [0.15, 0.2) is 53.4 Å². The monoisotopic (exact) mass is 451 g/mol. The second-order valence-corrected chi connectivity index (χ2v) is 9.80. The van der Waals surface area contributed by atoms with E-state index >= 15 is 0 Å². The quantitative estimate of drug-likeness (QED) is 0.581. The summed E-state index contributed by atoms with van der Waals surface area (Å²) in [6.07, 6.45) is 10.4. The lowest BCUT2D eigenvalue weighted by molar-refractivity contribution is 0.0929. The van der Waals surface area contributed by atoms with Gasteiger partial charge < -0.3 is 20.9 Å². The Balaban J connectivity index is 1.12. The topological polar surface area (TPSA) is 68.8 Å². The van der Waals surface area contributed by atoms with Crippen LogP contribution in [0.25, 0.3) is 0 Å². The first-order chi connectivity index (χ1) is 16.1. The number of aliphatic imine (C=N–C) groups is 1. The van der Waals surface area contributed by atoms with Gasteiger partial charge in [-0.25, -0.2) is 0 Å². The van der Waals surface area contributed by atoms with Crippen LogP contribution in [0, 0.1) is 0 Å². The smallest absolute Gasteiger partial charge is 0.251 e. The largest absolute Gasteiger partial charge is 0.349 e. The molecule has 1 aromatic carbocycles. The predicted molar refractivity (Wildman–Crippen MR) is 129 cm³/mol. The molecule has 5 rings (SSSR count). The van der Waals surface area contributed by atoms with Gasteiger partial charge in [-0.2, -0.15) is 4.39 Å². The average molecular weight is 452 g/mol. The third-order valence-electron chi connectivity index (χ3n) is 7.51. The maximum atomic E-state index is 14.0. The van der Waals surface area contributed by atoms with Crippen molar-refractivity contribution in [2.24, 2.45) is 4.99 Å². The van der Waals surface area contributed by atoms with Crippen LogP contribution in [0.4, 0.5) is 4.39 Å². The molecule has 4 atom stereocenters. The fourth-order valence-electron chi connectivity index (χ4n) is 5.52. The highest BCUT2D eigenvalue weighted by molar-refractivity contribution is 5.96. The van der Waals surface area contributed by atoms with E-state index in [1.807, 2.05) is 18.2 Å². The molecule has 2 unspecified atom stereocenters.